The van der Waals surface area contributed by atoms with Crippen molar-refractivity contribution in [2.75, 3.05) is 47.4 Å². The number of azide groups is 1. The van der Waals surface area contributed by atoms with Crippen molar-refractivity contribution in [1.29, 1.82) is 0 Å². The number of esters is 1. The Labute approximate surface area is 363 Å². The molecule has 12 atom stereocenters. The van der Waals surface area contributed by atoms with Gasteiger partial charge in [0.2, 0.25) is 5.79 Å². The molecule has 0 saturated carbocycles. The highest BCUT2D eigenvalue weighted by Gasteiger charge is 2.56. The van der Waals surface area contributed by atoms with E-state index >= 15 is 0 Å². The summed E-state index contributed by atoms with van der Waals surface area (Å²) in [5.74, 6) is -1.81. The zero-order chi connectivity index (χ0) is 45.9. The number of ether oxygens (including phenoxy) is 7. The normalized spacial score (nSPS) is 28.6. The first kappa shape index (κ1) is 51.7. The second-order valence-electron chi connectivity index (χ2n) is 18.4. The van der Waals surface area contributed by atoms with E-state index in [4.69, 9.17) is 38.7 Å². The summed E-state index contributed by atoms with van der Waals surface area (Å²) in [5, 5.41) is 17.6. The number of methoxy groups -OCH3 is 1. The zero-order valence-corrected chi connectivity index (χ0v) is 39.1. The molecule has 3 aliphatic heterocycles. The molecule has 0 spiro atoms. The van der Waals surface area contributed by atoms with Crippen LogP contribution in [0.4, 0.5) is 9.59 Å². The number of carbonyl (C=O) groups excluding carboxylic acids is 3. The quantitative estimate of drug-likeness (QED) is 0.0185. The van der Waals surface area contributed by atoms with Crippen LogP contribution in [0.3, 0.4) is 0 Å². The predicted molar refractivity (Wildman–Crippen MR) is 230 cm³/mol. The Morgan fingerprint density at radius 2 is 1.87 bits per heavy atom. The van der Waals surface area contributed by atoms with E-state index in [2.05, 4.69) is 47.6 Å². The van der Waals surface area contributed by atoms with Crippen LogP contribution in [0.25, 0.3) is 10.4 Å². The summed E-state index contributed by atoms with van der Waals surface area (Å²) in [6.07, 6.45) is 2.12. The van der Waals surface area contributed by atoms with E-state index in [1.54, 1.807) is 32.8 Å². The summed E-state index contributed by atoms with van der Waals surface area (Å²) < 4.78 is 43.3. The zero-order valence-electron chi connectivity index (χ0n) is 39.1. The van der Waals surface area contributed by atoms with Crippen LogP contribution in [-0.2, 0) is 38.0 Å². The Morgan fingerprint density at radius 1 is 1.18 bits per heavy atom. The van der Waals surface area contributed by atoms with Crippen molar-refractivity contribution in [2.24, 2.45) is 28.8 Å². The van der Waals surface area contributed by atoms with Crippen molar-refractivity contribution in [3.63, 3.8) is 0 Å². The molecule has 17 heteroatoms. The number of cyclic esters (lactones) is 2. The number of carbonyl (C=O) groups is 3. The Bertz CT molecular complexity index is 1570. The molecule has 0 bridgehead atoms. The van der Waals surface area contributed by atoms with Gasteiger partial charge in [-0.3, -0.25) is 0 Å². The van der Waals surface area contributed by atoms with Gasteiger partial charge in [-0.1, -0.05) is 58.8 Å². The molecule has 3 rings (SSSR count). The fourth-order valence-electron chi connectivity index (χ4n) is 9.48. The van der Waals surface area contributed by atoms with Crippen LogP contribution >= 0.6 is 0 Å². The van der Waals surface area contributed by atoms with Gasteiger partial charge in [0.05, 0.1) is 35.5 Å². The smallest absolute Gasteiger partial charge is 0.410 e. The SMILES string of the molecule is C=CCOC(=O)NCC1CC(N(C)C)C(C)[C@H](O[C@H]([C@@H](C)C2=C(C)C(=O)OC(C)(C)O2)[C@@](C)(C[C@@H](C)CC[C@H](C)[C@H]2N(CCCCN=[N+]=[N-])C(=O)O[C@]2(C)[C@H](O)CC)OC)O1. The fourth-order valence-corrected chi connectivity index (χ4v) is 9.48. The van der Waals surface area contributed by atoms with E-state index in [1.807, 2.05) is 41.8 Å². The molecular formula is C44H76N6O11. The van der Waals surface area contributed by atoms with Gasteiger partial charge in [-0.05, 0) is 90.8 Å². The van der Waals surface area contributed by atoms with E-state index < -0.39 is 65.7 Å². The molecule has 0 aliphatic carbocycles. The van der Waals surface area contributed by atoms with Crippen LogP contribution in [0.2, 0.25) is 0 Å². The number of amides is 2. The minimum atomic E-state index is -1.21. The molecule has 2 N–H and O–H groups in total. The van der Waals surface area contributed by atoms with Crippen LogP contribution in [0, 0.1) is 23.7 Å². The molecule has 2 amide bonds. The summed E-state index contributed by atoms with van der Waals surface area (Å²) in [4.78, 5) is 45.6. The second kappa shape index (κ2) is 22.7. The van der Waals surface area contributed by atoms with E-state index in [1.165, 1.54) is 6.08 Å². The second-order valence-corrected chi connectivity index (χ2v) is 18.4. The van der Waals surface area contributed by atoms with Crippen LogP contribution in [0.5, 0.6) is 0 Å². The highest BCUT2D eigenvalue weighted by atomic mass is 16.7. The molecule has 2 saturated heterocycles. The third-order valence-corrected chi connectivity index (χ3v) is 12.8. The first-order valence-corrected chi connectivity index (χ1v) is 21.9. The molecule has 0 radical (unpaired) electrons. The number of hydrogen-bond donors (Lipinski definition) is 2. The van der Waals surface area contributed by atoms with Gasteiger partial charge in [0.15, 0.2) is 11.9 Å². The van der Waals surface area contributed by atoms with Crippen molar-refractivity contribution in [3.8, 4) is 0 Å². The number of rotatable bonds is 24. The average molecular weight is 865 g/mol. The lowest BCUT2D eigenvalue weighted by atomic mass is 9.76. The lowest BCUT2D eigenvalue weighted by molar-refractivity contribution is -0.286. The maximum Gasteiger partial charge on any atom is 0.410 e. The topological polar surface area (TPSA) is 203 Å². The van der Waals surface area contributed by atoms with Crippen molar-refractivity contribution in [2.45, 2.75) is 168 Å². The van der Waals surface area contributed by atoms with Gasteiger partial charge in [0, 0.05) is 63.4 Å². The fraction of sp³-hybridized carbons (Fsp3) is 0.841. The largest absolute Gasteiger partial charge is 0.456 e. The summed E-state index contributed by atoms with van der Waals surface area (Å²) in [6.45, 7) is 23.7. The maximum absolute atomic E-state index is 13.3. The molecule has 17 nitrogen and oxygen atoms in total. The molecule has 0 aromatic rings. The first-order valence-electron chi connectivity index (χ1n) is 21.9. The number of hydrogen-bond acceptors (Lipinski definition) is 13. The lowest BCUT2D eigenvalue weighted by Crippen LogP contribution is -2.57. The molecular weight excluding hydrogens is 789 g/mol. The van der Waals surface area contributed by atoms with E-state index in [0.717, 1.165) is 12.8 Å². The van der Waals surface area contributed by atoms with Gasteiger partial charge in [-0.2, -0.15) is 0 Å². The molecule has 61 heavy (non-hydrogen) atoms. The standard InChI is InChI=1S/C44H76N6O11/c1-15-23-56-40(53)46-26-32-24-33(49(12)13)29(5)39(57-32)58-37(30(6)35-31(7)38(52)60-42(8,9)59-35)43(10,55-14)25-27(3)19-20-28(4)36-44(11,34(51)16-2)61-41(54)50(36)22-18-17-21-47-48-45/h15,27-30,32-34,36-37,39,51H,1,16-26H2,2-14H3,(H,46,53)/t27-,28-,29?,30-,32?,33?,34+,36+,37+,39-,43+,44+/m0/s1. The van der Waals surface area contributed by atoms with E-state index in [0.29, 0.717) is 56.5 Å². The number of nitrogens with one attached hydrogen (secondary N) is 1. The number of unbranched alkanes of at least 4 members (excludes halogenated alkanes) is 1. The van der Waals surface area contributed by atoms with Gasteiger partial charge < -0.3 is 53.4 Å². The van der Waals surface area contributed by atoms with Crippen molar-refractivity contribution in [3.05, 3.63) is 34.4 Å². The average Bonchev–Trinajstić information content (AvgIpc) is 3.47. The first-order chi connectivity index (χ1) is 28.6. The number of nitrogens with zero attached hydrogens (tertiary/aromatic N) is 5. The monoisotopic (exact) mass is 865 g/mol. The van der Waals surface area contributed by atoms with Gasteiger partial charge in [-0.25, -0.2) is 14.4 Å². The third kappa shape index (κ3) is 13.2. The van der Waals surface area contributed by atoms with Gasteiger partial charge in [-0.15, -0.1) is 0 Å². The van der Waals surface area contributed by atoms with Crippen LogP contribution < -0.4 is 5.32 Å². The Kier molecular flexibility index (Phi) is 19.2. The summed E-state index contributed by atoms with van der Waals surface area (Å²) >= 11 is 0. The molecule has 348 valence electrons. The molecule has 0 aromatic carbocycles. The van der Waals surface area contributed by atoms with Gasteiger partial charge in [0.1, 0.15) is 12.4 Å². The van der Waals surface area contributed by atoms with Gasteiger partial charge >= 0.3 is 18.2 Å². The Balaban J connectivity index is 1.94. The Hall–Kier alpha value is -3.60. The van der Waals surface area contributed by atoms with Gasteiger partial charge in [0.25, 0.3) is 0 Å². The van der Waals surface area contributed by atoms with Crippen molar-refractivity contribution in [1.82, 2.24) is 15.1 Å². The van der Waals surface area contributed by atoms with Crippen LogP contribution in [0.1, 0.15) is 114 Å². The molecule has 0 aromatic heterocycles. The molecule has 3 aliphatic rings. The van der Waals surface area contributed by atoms with Crippen LogP contribution in [0.15, 0.2) is 29.1 Å². The number of aliphatic hydroxyl groups excluding tert-OH is 1. The highest BCUT2D eigenvalue weighted by Crippen LogP contribution is 2.44. The minimum Gasteiger partial charge on any atom is -0.456 e. The van der Waals surface area contributed by atoms with Crippen LogP contribution in [-0.4, -0.2) is 134 Å². The van der Waals surface area contributed by atoms with Crippen molar-refractivity contribution >= 4 is 18.2 Å². The Morgan fingerprint density at radius 3 is 2.48 bits per heavy atom. The number of alkyl carbamates (subject to hydrolysis) is 1. The summed E-state index contributed by atoms with van der Waals surface area (Å²) in [7, 11) is 5.68. The molecule has 3 heterocycles. The van der Waals surface area contributed by atoms with E-state index in [-0.39, 0.29) is 43.0 Å². The molecule has 3 unspecified atom stereocenters. The highest BCUT2D eigenvalue weighted by molar-refractivity contribution is 5.89. The minimum absolute atomic E-state index is 0.0367. The predicted octanol–water partition coefficient (Wildman–Crippen LogP) is 7.47. The third-order valence-electron chi connectivity index (χ3n) is 12.8. The summed E-state index contributed by atoms with van der Waals surface area (Å²) in [6, 6.07) is -0.344. The van der Waals surface area contributed by atoms with E-state index in [9.17, 15) is 19.5 Å². The molecule has 2 fully saturated rings. The van der Waals surface area contributed by atoms with Crippen molar-refractivity contribution < 1.29 is 52.6 Å². The number of aliphatic hydroxyl groups is 1. The lowest BCUT2D eigenvalue weighted by Gasteiger charge is -2.48. The summed E-state index contributed by atoms with van der Waals surface area (Å²) in [5.41, 5.74) is 6.99. The maximum atomic E-state index is 13.3.